The molecule has 0 bridgehead atoms. The highest BCUT2D eigenvalue weighted by Gasteiger charge is 2.29. The molecule has 4 heteroatoms. The van der Waals surface area contributed by atoms with Crippen molar-refractivity contribution in [1.82, 2.24) is 10.6 Å². The summed E-state index contributed by atoms with van der Waals surface area (Å²) in [4.78, 5) is 22.8. The Bertz CT molecular complexity index is 413. The van der Waals surface area contributed by atoms with Crippen LogP contribution in [-0.2, 0) is 16.0 Å². The zero-order valence-electron chi connectivity index (χ0n) is 10.3. The first-order chi connectivity index (χ1) is 8.75. The van der Waals surface area contributed by atoms with Gasteiger partial charge in [-0.15, -0.1) is 0 Å². The third-order valence-electron chi connectivity index (χ3n) is 2.95. The Morgan fingerprint density at radius 1 is 1.11 bits per heavy atom. The molecule has 1 aromatic carbocycles. The van der Waals surface area contributed by atoms with E-state index in [1.54, 1.807) is 0 Å². The Hall–Kier alpha value is -1.84. The van der Waals surface area contributed by atoms with Crippen LogP contribution in [0.3, 0.4) is 0 Å². The second-order valence-electron chi connectivity index (χ2n) is 4.58. The maximum absolute atomic E-state index is 11.5. The summed E-state index contributed by atoms with van der Waals surface area (Å²) in [7, 11) is 0. The minimum absolute atomic E-state index is 0.00760. The fourth-order valence-electron chi connectivity index (χ4n) is 1.71. The average Bonchev–Trinajstić information content (AvgIpc) is 3.21. The van der Waals surface area contributed by atoms with Crippen LogP contribution in [0.4, 0.5) is 0 Å². The monoisotopic (exact) mass is 246 g/mol. The number of hydrogen-bond acceptors (Lipinski definition) is 2. The summed E-state index contributed by atoms with van der Waals surface area (Å²) in [6, 6.07) is 9.98. The molecule has 0 aromatic heterocycles. The summed E-state index contributed by atoms with van der Waals surface area (Å²) >= 11 is 0. The third-order valence-corrected chi connectivity index (χ3v) is 2.95. The number of benzene rings is 1. The summed E-state index contributed by atoms with van der Waals surface area (Å²) in [6.07, 6.45) is 2.73. The summed E-state index contributed by atoms with van der Waals surface area (Å²) in [6.45, 7) is 0.687. The van der Waals surface area contributed by atoms with E-state index in [0.717, 1.165) is 19.3 Å². The molecule has 0 spiro atoms. The van der Waals surface area contributed by atoms with E-state index >= 15 is 0 Å². The van der Waals surface area contributed by atoms with Crippen molar-refractivity contribution in [1.29, 1.82) is 0 Å². The van der Waals surface area contributed by atoms with E-state index in [0.29, 0.717) is 6.54 Å². The standard InChI is InChI=1S/C14H18N2O2/c17-13(10-16-14(18)12-6-7-12)15-9-8-11-4-2-1-3-5-11/h1-5,12H,6-10H2,(H,15,17)(H,16,18). The van der Waals surface area contributed by atoms with Crippen molar-refractivity contribution >= 4 is 11.8 Å². The Labute approximate surface area is 107 Å². The molecule has 96 valence electrons. The molecule has 1 fully saturated rings. The van der Waals surface area contributed by atoms with Crippen LogP contribution < -0.4 is 10.6 Å². The maximum Gasteiger partial charge on any atom is 0.239 e. The Morgan fingerprint density at radius 2 is 1.83 bits per heavy atom. The van der Waals surface area contributed by atoms with Gasteiger partial charge < -0.3 is 10.6 Å². The normalized spacial score (nSPS) is 14.0. The van der Waals surface area contributed by atoms with E-state index in [4.69, 9.17) is 0 Å². The number of hydrogen-bond donors (Lipinski definition) is 2. The van der Waals surface area contributed by atoms with Gasteiger partial charge in [0, 0.05) is 12.5 Å². The van der Waals surface area contributed by atoms with Crippen LogP contribution in [0, 0.1) is 5.92 Å². The molecule has 1 saturated carbocycles. The number of carbonyl (C=O) groups excluding carboxylic acids is 2. The topological polar surface area (TPSA) is 58.2 Å². The van der Waals surface area contributed by atoms with Gasteiger partial charge in [0.05, 0.1) is 6.54 Å². The first-order valence-corrected chi connectivity index (χ1v) is 6.34. The van der Waals surface area contributed by atoms with Crippen LogP contribution in [0.5, 0.6) is 0 Å². The molecule has 0 radical (unpaired) electrons. The second kappa shape index (κ2) is 6.19. The van der Waals surface area contributed by atoms with Crippen LogP contribution >= 0.6 is 0 Å². The highest BCUT2D eigenvalue weighted by molar-refractivity contribution is 5.86. The van der Waals surface area contributed by atoms with E-state index < -0.39 is 0 Å². The fourth-order valence-corrected chi connectivity index (χ4v) is 1.71. The van der Waals surface area contributed by atoms with Gasteiger partial charge in [-0.1, -0.05) is 30.3 Å². The van der Waals surface area contributed by atoms with Crippen LogP contribution in [0.2, 0.25) is 0 Å². The van der Waals surface area contributed by atoms with Crippen LogP contribution in [-0.4, -0.2) is 24.9 Å². The van der Waals surface area contributed by atoms with Crippen molar-refractivity contribution < 1.29 is 9.59 Å². The molecule has 0 heterocycles. The predicted molar refractivity (Wildman–Crippen MR) is 68.9 cm³/mol. The number of nitrogens with one attached hydrogen (secondary N) is 2. The molecular formula is C14H18N2O2. The van der Waals surface area contributed by atoms with E-state index in [9.17, 15) is 9.59 Å². The van der Waals surface area contributed by atoms with Crippen LogP contribution in [0.1, 0.15) is 18.4 Å². The van der Waals surface area contributed by atoms with Gasteiger partial charge in [-0.3, -0.25) is 9.59 Å². The molecular weight excluding hydrogens is 228 g/mol. The van der Waals surface area contributed by atoms with Gasteiger partial charge in [0.25, 0.3) is 0 Å². The van der Waals surface area contributed by atoms with E-state index in [1.165, 1.54) is 5.56 Å². The Kier molecular flexibility index (Phi) is 4.34. The summed E-state index contributed by atoms with van der Waals surface area (Å²) in [5.74, 6) is 0.0373. The van der Waals surface area contributed by atoms with Crippen molar-refractivity contribution in [2.45, 2.75) is 19.3 Å². The second-order valence-corrected chi connectivity index (χ2v) is 4.58. The molecule has 2 amide bonds. The SMILES string of the molecule is O=C(CNC(=O)C1CC1)NCCc1ccccc1. The van der Waals surface area contributed by atoms with E-state index in [2.05, 4.69) is 10.6 Å². The zero-order chi connectivity index (χ0) is 12.8. The molecule has 0 saturated heterocycles. The van der Waals surface area contributed by atoms with Crippen molar-refractivity contribution in [2.75, 3.05) is 13.1 Å². The zero-order valence-corrected chi connectivity index (χ0v) is 10.3. The van der Waals surface area contributed by atoms with Gasteiger partial charge in [-0.05, 0) is 24.8 Å². The Balaban J connectivity index is 1.58. The first kappa shape index (κ1) is 12.6. The predicted octanol–water partition coefficient (Wildman–Crippen LogP) is 0.871. The van der Waals surface area contributed by atoms with Gasteiger partial charge in [0.15, 0.2) is 0 Å². The van der Waals surface area contributed by atoms with Gasteiger partial charge >= 0.3 is 0 Å². The summed E-state index contributed by atoms with van der Waals surface area (Å²) in [5.41, 5.74) is 1.19. The van der Waals surface area contributed by atoms with Crippen molar-refractivity contribution in [3.8, 4) is 0 Å². The molecule has 4 nitrogen and oxygen atoms in total. The highest BCUT2D eigenvalue weighted by atomic mass is 16.2. The van der Waals surface area contributed by atoms with E-state index in [1.807, 2.05) is 30.3 Å². The molecule has 18 heavy (non-hydrogen) atoms. The lowest BCUT2D eigenvalue weighted by atomic mass is 10.1. The molecule has 1 aliphatic carbocycles. The van der Waals surface area contributed by atoms with Gasteiger partial charge in [-0.25, -0.2) is 0 Å². The summed E-state index contributed by atoms with van der Waals surface area (Å²) in [5, 5.41) is 5.43. The van der Waals surface area contributed by atoms with Crippen molar-refractivity contribution in [3.05, 3.63) is 35.9 Å². The highest BCUT2D eigenvalue weighted by Crippen LogP contribution is 2.28. The molecule has 0 atom stereocenters. The minimum atomic E-state index is -0.125. The lowest BCUT2D eigenvalue weighted by Gasteiger charge is -2.06. The molecule has 2 N–H and O–H groups in total. The van der Waals surface area contributed by atoms with Gasteiger partial charge in [-0.2, -0.15) is 0 Å². The van der Waals surface area contributed by atoms with E-state index in [-0.39, 0.29) is 24.3 Å². The third kappa shape index (κ3) is 4.20. The smallest absolute Gasteiger partial charge is 0.239 e. The summed E-state index contributed by atoms with van der Waals surface area (Å²) < 4.78 is 0. The van der Waals surface area contributed by atoms with Gasteiger partial charge in [0.2, 0.25) is 11.8 Å². The molecule has 2 rings (SSSR count). The van der Waals surface area contributed by atoms with Crippen LogP contribution in [0.25, 0.3) is 0 Å². The number of rotatable bonds is 6. The lowest BCUT2D eigenvalue weighted by molar-refractivity contribution is -0.126. The fraction of sp³-hybridized carbons (Fsp3) is 0.429. The minimum Gasteiger partial charge on any atom is -0.354 e. The maximum atomic E-state index is 11.5. The Morgan fingerprint density at radius 3 is 2.50 bits per heavy atom. The molecule has 1 aromatic rings. The number of amides is 2. The van der Waals surface area contributed by atoms with Crippen LogP contribution in [0.15, 0.2) is 30.3 Å². The van der Waals surface area contributed by atoms with Crippen molar-refractivity contribution in [3.63, 3.8) is 0 Å². The molecule has 1 aliphatic rings. The quantitative estimate of drug-likeness (QED) is 0.782. The van der Waals surface area contributed by atoms with Crippen molar-refractivity contribution in [2.24, 2.45) is 5.92 Å². The number of carbonyl (C=O) groups is 2. The van der Waals surface area contributed by atoms with Gasteiger partial charge in [0.1, 0.15) is 0 Å². The molecule has 0 aliphatic heterocycles. The molecule has 0 unspecified atom stereocenters. The largest absolute Gasteiger partial charge is 0.354 e. The average molecular weight is 246 g/mol. The lowest BCUT2D eigenvalue weighted by Crippen LogP contribution is -2.38. The first-order valence-electron chi connectivity index (χ1n) is 6.34.